The number of thioether (sulfide) groups is 1. The molecule has 6 nitrogen and oxygen atoms in total. The number of aliphatic hydroxyl groups excluding tert-OH is 3. The third-order valence-electron chi connectivity index (χ3n) is 2.70. The molecule has 16 heavy (non-hydrogen) atoms. The van der Waals surface area contributed by atoms with Crippen molar-refractivity contribution in [2.45, 2.75) is 36.7 Å². The number of hydrogen-bond donors (Lipinski definition) is 4. The molecular formula is C9H16N2O4S. The normalized spacial score (nSPS) is 45.5. The number of ether oxygens (including phenoxy) is 1. The molecule has 7 heteroatoms. The van der Waals surface area contributed by atoms with Crippen LogP contribution in [0.3, 0.4) is 0 Å². The quantitative estimate of drug-likeness (QED) is 0.475. The third kappa shape index (κ3) is 2.05. The monoisotopic (exact) mass is 248 g/mol. The highest BCUT2D eigenvalue weighted by molar-refractivity contribution is 8.14. The van der Waals surface area contributed by atoms with Gasteiger partial charge < -0.3 is 25.4 Å². The van der Waals surface area contributed by atoms with E-state index in [0.29, 0.717) is 11.7 Å². The van der Waals surface area contributed by atoms with Gasteiger partial charge in [-0.25, -0.2) is 0 Å². The van der Waals surface area contributed by atoms with Crippen LogP contribution in [0, 0.1) is 0 Å². The molecule has 4 N–H and O–H groups in total. The molecule has 0 aliphatic carbocycles. The van der Waals surface area contributed by atoms with E-state index in [9.17, 15) is 10.2 Å². The number of fused-ring (bicyclic) bond motifs is 1. The Morgan fingerprint density at radius 2 is 2.19 bits per heavy atom. The van der Waals surface area contributed by atoms with Gasteiger partial charge in [-0.15, -0.1) is 0 Å². The number of rotatable bonds is 2. The summed E-state index contributed by atoms with van der Waals surface area (Å²) in [4.78, 5) is 4.19. The Labute approximate surface area is 97.7 Å². The van der Waals surface area contributed by atoms with E-state index in [1.165, 1.54) is 11.8 Å². The van der Waals surface area contributed by atoms with Crippen LogP contribution in [-0.2, 0) is 4.74 Å². The largest absolute Gasteiger partial charge is 0.394 e. The van der Waals surface area contributed by atoms with Crippen molar-refractivity contribution >= 4 is 16.9 Å². The first-order chi connectivity index (χ1) is 7.67. The lowest BCUT2D eigenvalue weighted by atomic mass is 9.98. The van der Waals surface area contributed by atoms with Gasteiger partial charge in [0.25, 0.3) is 0 Å². The second-order valence-corrected chi connectivity index (χ2v) is 4.86. The molecule has 0 spiro atoms. The predicted octanol–water partition coefficient (Wildman–Crippen LogP) is -1.49. The summed E-state index contributed by atoms with van der Waals surface area (Å²) in [6.07, 6.45) is -2.75. The molecule has 2 aliphatic rings. The summed E-state index contributed by atoms with van der Waals surface area (Å²) in [5.74, 6) is 0. The highest BCUT2D eigenvalue weighted by Crippen LogP contribution is 2.33. The zero-order chi connectivity index (χ0) is 11.7. The minimum absolute atomic E-state index is 0.303. The van der Waals surface area contributed by atoms with E-state index in [1.54, 1.807) is 0 Å². The van der Waals surface area contributed by atoms with Crippen LogP contribution in [0.1, 0.15) is 6.92 Å². The second kappa shape index (κ2) is 4.89. The maximum atomic E-state index is 9.86. The number of aliphatic imine (C=N–C) groups is 1. The van der Waals surface area contributed by atoms with Gasteiger partial charge in [-0.2, -0.15) is 0 Å². The van der Waals surface area contributed by atoms with Crippen LogP contribution in [0.4, 0.5) is 0 Å². The van der Waals surface area contributed by atoms with Gasteiger partial charge in [-0.1, -0.05) is 11.8 Å². The molecule has 0 bridgehead atoms. The lowest BCUT2D eigenvalue weighted by Crippen LogP contribution is -2.59. The molecule has 0 aromatic carbocycles. The van der Waals surface area contributed by atoms with Crippen molar-refractivity contribution in [3.8, 4) is 0 Å². The Bertz CT molecular complexity index is 289. The van der Waals surface area contributed by atoms with Crippen molar-refractivity contribution in [3.63, 3.8) is 0 Å². The number of aliphatic hydroxyl groups is 3. The van der Waals surface area contributed by atoms with Crippen LogP contribution in [0.25, 0.3) is 0 Å². The van der Waals surface area contributed by atoms with Crippen LogP contribution < -0.4 is 5.32 Å². The molecule has 0 saturated carbocycles. The van der Waals surface area contributed by atoms with Crippen LogP contribution in [0.15, 0.2) is 4.99 Å². The Hall–Kier alpha value is -0.340. The Balaban J connectivity index is 2.10. The minimum Gasteiger partial charge on any atom is -0.394 e. The highest BCUT2D eigenvalue weighted by Gasteiger charge is 2.48. The molecule has 0 radical (unpaired) electrons. The van der Waals surface area contributed by atoms with E-state index in [2.05, 4.69) is 10.3 Å². The zero-order valence-corrected chi connectivity index (χ0v) is 9.72. The molecule has 0 unspecified atom stereocenters. The standard InChI is InChI=1S/C9H16N2O4S/c1-2-10-9-11-5-7(14)6(13)4(3-12)15-8(5)16-9/h4-8,12-14H,2-3H2,1H3,(H,10,11)/t4-,5+,6-,7+,8-/m1/s1. The van der Waals surface area contributed by atoms with E-state index < -0.39 is 18.3 Å². The fraction of sp³-hybridized carbons (Fsp3) is 0.889. The van der Waals surface area contributed by atoms with Crippen LogP contribution in [0.5, 0.6) is 0 Å². The van der Waals surface area contributed by atoms with Crippen molar-refractivity contribution in [2.75, 3.05) is 13.2 Å². The van der Waals surface area contributed by atoms with Crippen molar-refractivity contribution in [2.24, 2.45) is 4.99 Å². The molecular weight excluding hydrogens is 232 g/mol. The Morgan fingerprint density at radius 3 is 2.81 bits per heavy atom. The zero-order valence-electron chi connectivity index (χ0n) is 8.91. The van der Waals surface area contributed by atoms with Gasteiger partial charge in [-0.3, -0.25) is 4.99 Å². The second-order valence-electron chi connectivity index (χ2n) is 3.77. The van der Waals surface area contributed by atoms with Gasteiger partial charge in [0.15, 0.2) is 5.17 Å². The van der Waals surface area contributed by atoms with Gasteiger partial charge in [0.2, 0.25) is 0 Å². The molecule has 0 aromatic heterocycles. The summed E-state index contributed by atoms with van der Waals surface area (Å²) in [7, 11) is 0. The van der Waals surface area contributed by atoms with E-state index >= 15 is 0 Å². The summed E-state index contributed by atoms with van der Waals surface area (Å²) in [6, 6.07) is -0.368. The summed E-state index contributed by atoms with van der Waals surface area (Å²) in [6.45, 7) is 2.26. The summed E-state index contributed by atoms with van der Waals surface area (Å²) in [5, 5.41) is 32.3. The SMILES string of the molecule is CCN=C1N[C@H]2[C@H](O)[C@H](O)[C@@H](CO)O[C@@H]2S1. The average Bonchev–Trinajstić information content (AvgIpc) is 2.67. The molecule has 2 saturated heterocycles. The molecule has 2 heterocycles. The molecule has 2 aliphatic heterocycles. The Morgan fingerprint density at radius 1 is 1.44 bits per heavy atom. The maximum absolute atomic E-state index is 9.86. The first-order valence-corrected chi connectivity index (χ1v) is 6.15. The first kappa shape index (κ1) is 12.1. The van der Waals surface area contributed by atoms with Crippen molar-refractivity contribution in [3.05, 3.63) is 0 Å². The van der Waals surface area contributed by atoms with Crippen LogP contribution in [0.2, 0.25) is 0 Å². The highest BCUT2D eigenvalue weighted by atomic mass is 32.2. The molecule has 0 amide bonds. The molecule has 2 rings (SSSR count). The van der Waals surface area contributed by atoms with Gasteiger partial charge in [0.05, 0.1) is 12.6 Å². The lowest BCUT2D eigenvalue weighted by molar-refractivity contribution is -0.167. The maximum Gasteiger partial charge on any atom is 0.159 e. The Kier molecular flexibility index (Phi) is 3.70. The first-order valence-electron chi connectivity index (χ1n) is 5.27. The number of nitrogens with zero attached hydrogens (tertiary/aromatic N) is 1. The van der Waals surface area contributed by atoms with E-state index in [-0.39, 0.29) is 18.1 Å². The van der Waals surface area contributed by atoms with Crippen LogP contribution in [-0.4, -0.2) is 63.4 Å². The van der Waals surface area contributed by atoms with Gasteiger partial charge in [0, 0.05) is 6.54 Å². The van der Waals surface area contributed by atoms with E-state index in [1.807, 2.05) is 6.92 Å². The number of nitrogens with one attached hydrogen (secondary N) is 1. The van der Waals surface area contributed by atoms with Gasteiger partial charge in [-0.05, 0) is 6.92 Å². The molecule has 2 fully saturated rings. The van der Waals surface area contributed by atoms with Crippen molar-refractivity contribution in [1.29, 1.82) is 0 Å². The van der Waals surface area contributed by atoms with Gasteiger partial charge >= 0.3 is 0 Å². The molecule has 0 aromatic rings. The van der Waals surface area contributed by atoms with Crippen LogP contribution >= 0.6 is 11.8 Å². The topological polar surface area (TPSA) is 94.3 Å². The summed E-state index contributed by atoms with van der Waals surface area (Å²) < 4.78 is 5.48. The molecule has 5 atom stereocenters. The van der Waals surface area contributed by atoms with E-state index in [0.717, 1.165) is 0 Å². The number of hydrogen-bond acceptors (Lipinski definition) is 6. The predicted molar refractivity (Wildman–Crippen MR) is 60.3 cm³/mol. The number of amidine groups is 1. The fourth-order valence-corrected chi connectivity index (χ4v) is 3.05. The molecule has 92 valence electrons. The van der Waals surface area contributed by atoms with E-state index in [4.69, 9.17) is 9.84 Å². The van der Waals surface area contributed by atoms with Gasteiger partial charge in [0.1, 0.15) is 23.7 Å². The summed E-state index contributed by atoms with van der Waals surface area (Å²) in [5.41, 5.74) is -0.305. The third-order valence-corrected chi connectivity index (χ3v) is 3.81. The minimum atomic E-state index is -1.07. The summed E-state index contributed by atoms with van der Waals surface area (Å²) >= 11 is 1.38. The van der Waals surface area contributed by atoms with Crippen molar-refractivity contribution in [1.82, 2.24) is 5.32 Å². The smallest absolute Gasteiger partial charge is 0.159 e. The lowest BCUT2D eigenvalue weighted by Gasteiger charge is -2.38. The van der Waals surface area contributed by atoms with Crippen molar-refractivity contribution < 1.29 is 20.1 Å². The fourth-order valence-electron chi connectivity index (χ4n) is 1.85. The average molecular weight is 248 g/mol.